The number of nitrogens with zero attached hydrogens (tertiary/aromatic N) is 3. The van der Waals surface area contributed by atoms with Crippen molar-refractivity contribution >= 4 is 22.9 Å². The van der Waals surface area contributed by atoms with E-state index >= 15 is 0 Å². The molecule has 0 saturated carbocycles. The van der Waals surface area contributed by atoms with E-state index in [0.29, 0.717) is 0 Å². The Labute approximate surface area is 184 Å². The molecule has 2 aliphatic heterocycles. The summed E-state index contributed by atoms with van der Waals surface area (Å²) in [7, 11) is 0. The van der Waals surface area contributed by atoms with Crippen LogP contribution in [0, 0.1) is 18.8 Å². The Morgan fingerprint density at radius 1 is 1.03 bits per heavy atom. The Bertz CT molecular complexity index is 818. The second-order valence-corrected chi connectivity index (χ2v) is 10.1. The van der Waals surface area contributed by atoms with Gasteiger partial charge in [0.05, 0.1) is 10.7 Å². The SMILES string of the molecule is Cc1nc(CN2CCC(C(=O)Nc3ccc(CN4CCC(C)CC4)cc3)CC2)cs1. The fourth-order valence-electron chi connectivity index (χ4n) is 4.48. The lowest BCUT2D eigenvalue weighted by Gasteiger charge is -2.31. The molecule has 0 bridgehead atoms. The Morgan fingerprint density at radius 3 is 2.30 bits per heavy atom. The summed E-state index contributed by atoms with van der Waals surface area (Å²) < 4.78 is 0. The zero-order valence-corrected chi connectivity index (χ0v) is 19.1. The molecule has 3 heterocycles. The molecule has 2 aliphatic rings. The molecule has 5 nitrogen and oxygen atoms in total. The predicted octanol–water partition coefficient (Wildman–Crippen LogP) is 4.53. The van der Waals surface area contributed by atoms with Crippen molar-refractivity contribution in [1.82, 2.24) is 14.8 Å². The molecule has 0 unspecified atom stereocenters. The monoisotopic (exact) mass is 426 g/mol. The molecule has 1 amide bonds. The average molecular weight is 427 g/mol. The van der Waals surface area contributed by atoms with Crippen LogP contribution >= 0.6 is 11.3 Å². The van der Waals surface area contributed by atoms with Gasteiger partial charge in [0.1, 0.15) is 0 Å². The van der Waals surface area contributed by atoms with Gasteiger partial charge >= 0.3 is 0 Å². The van der Waals surface area contributed by atoms with Crippen molar-refractivity contribution in [2.24, 2.45) is 11.8 Å². The number of hydrogen-bond donors (Lipinski definition) is 1. The first-order valence-electron chi connectivity index (χ1n) is 11.3. The van der Waals surface area contributed by atoms with Crippen LogP contribution in [-0.2, 0) is 17.9 Å². The number of thiazole rings is 1. The van der Waals surface area contributed by atoms with Gasteiger partial charge in [-0.25, -0.2) is 4.98 Å². The molecule has 4 rings (SSSR count). The van der Waals surface area contributed by atoms with Gasteiger partial charge < -0.3 is 5.32 Å². The largest absolute Gasteiger partial charge is 0.326 e. The molecule has 2 aromatic rings. The first-order chi connectivity index (χ1) is 14.5. The highest BCUT2D eigenvalue weighted by atomic mass is 32.1. The van der Waals surface area contributed by atoms with E-state index in [1.807, 2.05) is 6.92 Å². The topological polar surface area (TPSA) is 48.5 Å². The molecule has 2 saturated heterocycles. The summed E-state index contributed by atoms with van der Waals surface area (Å²) in [5, 5.41) is 6.40. The first-order valence-corrected chi connectivity index (χ1v) is 12.2. The highest BCUT2D eigenvalue weighted by molar-refractivity contribution is 7.09. The van der Waals surface area contributed by atoms with Crippen LogP contribution in [0.4, 0.5) is 5.69 Å². The van der Waals surface area contributed by atoms with E-state index in [2.05, 4.69) is 56.7 Å². The molecular weight excluding hydrogens is 392 g/mol. The number of benzene rings is 1. The minimum Gasteiger partial charge on any atom is -0.326 e. The third-order valence-electron chi connectivity index (χ3n) is 6.51. The zero-order chi connectivity index (χ0) is 20.9. The highest BCUT2D eigenvalue weighted by Crippen LogP contribution is 2.22. The number of rotatable bonds is 6. The van der Waals surface area contributed by atoms with E-state index < -0.39 is 0 Å². The van der Waals surface area contributed by atoms with E-state index in [4.69, 9.17) is 0 Å². The standard InChI is InChI=1S/C24H34N4OS/c1-18-7-11-27(12-8-18)15-20-3-5-22(6-4-20)26-24(29)21-9-13-28(14-10-21)16-23-17-30-19(2)25-23/h3-6,17-18,21H,7-16H2,1-2H3,(H,26,29). The van der Waals surface area contributed by atoms with E-state index in [0.717, 1.165) is 61.3 Å². The summed E-state index contributed by atoms with van der Waals surface area (Å²) >= 11 is 1.71. The molecular formula is C24H34N4OS. The number of nitrogens with one attached hydrogen (secondary N) is 1. The number of amides is 1. The van der Waals surface area contributed by atoms with Crippen molar-refractivity contribution in [3.8, 4) is 0 Å². The molecule has 1 aromatic carbocycles. The van der Waals surface area contributed by atoms with Crippen molar-refractivity contribution < 1.29 is 4.79 Å². The van der Waals surface area contributed by atoms with Crippen molar-refractivity contribution in [2.45, 2.75) is 52.6 Å². The maximum atomic E-state index is 12.7. The van der Waals surface area contributed by atoms with E-state index in [1.165, 1.54) is 31.5 Å². The molecule has 1 N–H and O–H groups in total. The summed E-state index contributed by atoms with van der Waals surface area (Å²) in [4.78, 5) is 22.2. The molecule has 0 spiro atoms. The lowest BCUT2D eigenvalue weighted by atomic mass is 9.95. The third-order valence-corrected chi connectivity index (χ3v) is 7.34. The van der Waals surface area contributed by atoms with Gasteiger partial charge in [0, 0.05) is 30.1 Å². The van der Waals surface area contributed by atoms with Crippen molar-refractivity contribution in [3.05, 3.63) is 45.9 Å². The van der Waals surface area contributed by atoms with Crippen LogP contribution in [0.1, 0.15) is 48.9 Å². The van der Waals surface area contributed by atoms with Gasteiger partial charge in [-0.1, -0.05) is 19.1 Å². The number of piperidine rings is 2. The highest BCUT2D eigenvalue weighted by Gasteiger charge is 2.25. The number of carbonyl (C=O) groups is 1. The first kappa shape index (κ1) is 21.5. The molecule has 6 heteroatoms. The molecule has 2 fully saturated rings. The quantitative estimate of drug-likeness (QED) is 0.737. The molecule has 0 radical (unpaired) electrons. The Morgan fingerprint density at radius 2 is 1.67 bits per heavy atom. The maximum Gasteiger partial charge on any atom is 0.227 e. The van der Waals surface area contributed by atoms with Gasteiger partial charge in [-0.15, -0.1) is 11.3 Å². The normalized spacial score (nSPS) is 19.8. The number of hydrogen-bond acceptors (Lipinski definition) is 5. The summed E-state index contributed by atoms with van der Waals surface area (Å²) in [6.07, 6.45) is 4.44. The van der Waals surface area contributed by atoms with Gasteiger partial charge in [0.25, 0.3) is 0 Å². The van der Waals surface area contributed by atoms with Crippen LogP contribution in [-0.4, -0.2) is 46.9 Å². The molecule has 0 atom stereocenters. The summed E-state index contributed by atoms with van der Waals surface area (Å²) in [5.74, 6) is 1.13. The summed E-state index contributed by atoms with van der Waals surface area (Å²) in [6, 6.07) is 8.43. The van der Waals surface area contributed by atoms with Crippen LogP contribution in [0.15, 0.2) is 29.6 Å². The van der Waals surface area contributed by atoms with Crippen molar-refractivity contribution in [1.29, 1.82) is 0 Å². The van der Waals surface area contributed by atoms with Crippen molar-refractivity contribution in [3.63, 3.8) is 0 Å². The molecule has 1 aromatic heterocycles. The van der Waals surface area contributed by atoms with Gasteiger partial charge in [-0.3, -0.25) is 14.6 Å². The third kappa shape index (κ3) is 5.90. The number of likely N-dealkylation sites (tertiary alicyclic amines) is 2. The molecule has 30 heavy (non-hydrogen) atoms. The van der Waals surface area contributed by atoms with E-state index in [1.54, 1.807) is 11.3 Å². The second kappa shape index (κ2) is 10.0. The maximum absolute atomic E-state index is 12.7. The lowest BCUT2D eigenvalue weighted by molar-refractivity contribution is -0.121. The van der Waals surface area contributed by atoms with E-state index in [9.17, 15) is 4.79 Å². The Balaban J connectivity index is 1.21. The summed E-state index contributed by atoms with van der Waals surface area (Å²) in [5.41, 5.74) is 3.39. The van der Waals surface area contributed by atoms with Gasteiger partial charge in [0.15, 0.2) is 0 Å². The Kier molecular flexibility index (Phi) is 7.18. The Hall–Kier alpha value is -1.76. The van der Waals surface area contributed by atoms with Crippen LogP contribution in [0.3, 0.4) is 0 Å². The van der Waals surface area contributed by atoms with Crippen molar-refractivity contribution in [2.75, 3.05) is 31.5 Å². The van der Waals surface area contributed by atoms with Gasteiger partial charge in [-0.05, 0) is 82.4 Å². The number of aryl methyl sites for hydroxylation is 1. The summed E-state index contributed by atoms with van der Waals surface area (Å²) in [6.45, 7) is 10.6. The predicted molar refractivity (Wildman–Crippen MR) is 124 cm³/mol. The smallest absolute Gasteiger partial charge is 0.227 e. The van der Waals surface area contributed by atoms with Crippen LogP contribution < -0.4 is 5.32 Å². The fraction of sp³-hybridized carbons (Fsp3) is 0.583. The zero-order valence-electron chi connectivity index (χ0n) is 18.3. The molecule has 0 aliphatic carbocycles. The number of carbonyl (C=O) groups excluding carboxylic acids is 1. The fourth-order valence-corrected chi connectivity index (χ4v) is 5.08. The minimum atomic E-state index is 0.105. The van der Waals surface area contributed by atoms with Gasteiger partial charge in [-0.2, -0.15) is 0 Å². The van der Waals surface area contributed by atoms with Crippen LogP contribution in [0.5, 0.6) is 0 Å². The van der Waals surface area contributed by atoms with Crippen LogP contribution in [0.25, 0.3) is 0 Å². The van der Waals surface area contributed by atoms with Crippen LogP contribution in [0.2, 0.25) is 0 Å². The van der Waals surface area contributed by atoms with E-state index in [-0.39, 0.29) is 11.8 Å². The second-order valence-electron chi connectivity index (χ2n) is 9.05. The number of anilines is 1. The van der Waals surface area contributed by atoms with Gasteiger partial charge in [0.2, 0.25) is 5.91 Å². The molecule has 162 valence electrons. The average Bonchev–Trinajstić information content (AvgIpc) is 3.16. The minimum absolute atomic E-state index is 0.105. The number of aromatic nitrogens is 1. The lowest BCUT2D eigenvalue weighted by Crippen LogP contribution is -2.37.